The quantitative estimate of drug-likeness (QED) is 0.608. The predicted octanol–water partition coefficient (Wildman–Crippen LogP) is 1.83. The number of nitrogens with one attached hydrogen (secondary N) is 1. The minimum absolute atomic E-state index is 0.651. The second-order valence-electron chi connectivity index (χ2n) is 4.96. The van der Waals surface area contributed by atoms with E-state index in [2.05, 4.69) is 12.2 Å². The zero-order valence-electron chi connectivity index (χ0n) is 12.0. The molecule has 4 nitrogen and oxygen atoms in total. The van der Waals surface area contributed by atoms with Crippen molar-refractivity contribution in [3.63, 3.8) is 0 Å². The maximum atomic E-state index is 5.58. The van der Waals surface area contributed by atoms with Gasteiger partial charge in [-0.1, -0.05) is 13.3 Å². The Morgan fingerprint density at radius 2 is 1.78 bits per heavy atom. The first-order chi connectivity index (χ1) is 8.86. The summed E-state index contributed by atoms with van der Waals surface area (Å²) in [7, 11) is 1.68. The number of piperidine rings is 1. The van der Waals surface area contributed by atoms with Gasteiger partial charge in [0.15, 0.2) is 0 Å². The molecule has 2 unspecified atom stereocenters. The van der Waals surface area contributed by atoms with Crippen molar-refractivity contribution in [3.8, 4) is 0 Å². The van der Waals surface area contributed by atoms with Crippen LogP contribution >= 0.6 is 0 Å². The van der Waals surface area contributed by atoms with Crippen LogP contribution in [0.1, 0.15) is 32.6 Å². The summed E-state index contributed by atoms with van der Waals surface area (Å²) in [6, 6.07) is 0.651. The van der Waals surface area contributed by atoms with Crippen LogP contribution in [0.15, 0.2) is 0 Å². The van der Waals surface area contributed by atoms with Crippen LogP contribution in [0.25, 0.3) is 0 Å². The Labute approximate surface area is 111 Å². The lowest BCUT2D eigenvalue weighted by atomic mass is 9.89. The first kappa shape index (κ1) is 15.9. The molecule has 0 spiro atoms. The van der Waals surface area contributed by atoms with E-state index >= 15 is 0 Å². The summed E-state index contributed by atoms with van der Waals surface area (Å²) >= 11 is 0. The van der Waals surface area contributed by atoms with Crippen LogP contribution in [0.4, 0.5) is 0 Å². The Morgan fingerprint density at radius 1 is 1.06 bits per heavy atom. The number of rotatable bonds is 10. The van der Waals surface area contributed by atoms with Crippen LogP contribution in [0.3, 0.4) is 0 Å². The van der Waals surface area contributed by atoms with Gasteiger partial charge in [0, 0.05) is 19.8 Å². The number of ether oxygens (including phenoxy) is 3. The highest BCUT2D eigenvalue weighted by Gasteiger charge is 2.19. The van der Waals surface area contributed by atoms with Crippen molar-refractivity contribution in [2.45, 2.75) is 38.6 Å². The Bertz CT molecular complexity index is 190. The molecule has 1 N–H and O–H groups in total. The standard InChI is InChI=1S/C14H29NO3/c1-3-13-4-6-15-14(12-13)5-7-17-10-11-18-9-8-16-2/h13-15H,3-12H2,1-2H3. The molecular formula is C14H29NO3. The molecule has 4 heteroatoms. The highest BCUT2D eigenvalue weighted by atomic mass is 16.5. The van der Waals surface area contributed by atoms with Gasteiger partial charge in [0.1, 0.15) is 0 Å². The molecule has 1 fully saturated rings. The van der Waals surface area contributed by atoms with Crippen LogP contribution < -0.4 is 5.32 Å². The SMILES string of the molecule is CCC1CCNC(CCOCCOCCOC)C1. The summed E-state index contributed by atoms with van der Waals surface area (Å²) in [6.07, 6.45) is 5.08. The van der Waals surface area contributed by atoms with Gasteiger partial charge in [-0.15, -0.1) is 0 Å². The second-order valence-corrected chi connectivity index (χ2v) is 4.96. The summed E-state index contributed by atoms with van der Waals surface area (Å²) in [4.78, 5) is 0. The van der Waals surface area contributed by atoms with E-state index < -0.39 is 0 Å². The lowest BCUT2D eigenvalue weighted by Gasteiger charge is -2.29. The molecule has 1 saturated heterocycles. The van der Waals surface area contributed by atoms with E-state index in [1.165, 1.54) is 25.8 Å². The van der Waals surface area contributed by atoms with Crippen LogP contribution in [0, 0.1) is 5.92 Å². The fourth-order valence-corrected chi connectivity index (χ4v) is 2.38. The van der Waals surface area contributed by atoms with Gasteiger partial charge in [0.25, 0.3) is 0 Å². The van der Waals surface area contributed by atoms with Gasteiger partial charge in [0.2, 0.25) is 0 Å². The molecular weight excluding hydrogens is 230 g/mol. The third kappa shape index (κ3) is 7.31. The average molecular weight is 259 g/mol. The van der Waals surface area contributed by atoms with E-state index in [9.17, 15) is 0 Å². The molecule has 1 heterocycles. The molecule has 18 heavy (non-hydrogen) atoms. The van der Waals surface area contributed by atoms with Gasteiger partial charge >= 0.3 is 0 Å². The van der Waals surface area contributed by atoms with Gasteiger partial charge in [-0.3, -0.25) is 0 Å². The van der Waals surface area contributed by atoms with Crippen molar-refractivity contribution in [2.24, 2.45) is 5.92 Å². The molecule has 0 aromatic carbocycles. The van der Waals surface area contributed by atoms with Crippen molar-refractivity contribution >= 4 is 0 Å². The summed E-state index contributed by atoms with van der Waals surface area (Å²) in [5, 5.41) is 3.57. The predicted molar refractivity (Wildman–Crippen MR) is 72.9 cm³/mol. The average Bonchev–Trinajstić information content (AvgIpc) is 2.42. The normalized spacial score (nSPS) is 24.3. The first-order valence-electron chi connectivity index (χ1n) is 7.24. The summed E-state index contributed by atoms with van der Waals surface area (Å²) in [5.41, 5.74) is 0. The number of hydrogen-bond acceptors (Lipinski definition) is 4. The van der Waals surface area contributed by atoms with Gasteiger partial charge in [-0.25, -0.2) is 0 Å². The molecule has 1 rings (SSSR count). The Balaban J connectivity index is 1.88. The topological polar surface area (TPSA) is 39.7 Å². The lowest BCUT2D eigenvalue weighted by molar-refractivity contribution is 0.0219. The monoisotopic (exact) mass is 259 g/mol. The molecule has 0 aliphatic carbocycles. The second kappa shape index (κ2) is 10.7. The van der Waals surface area contributed by atoms with Gasteiger partial charge in [-0.2, -0.15) is 0 Å². The van der Waals surface area contributed by atoms with E-state index in [1.54, 1.807) is 7.11 Å². The van der Waals surface area contributed by atoms with Gasteiger partial charge in [0.05, 0.1) is 26.4 Å². The third-order valence-electron chi connectivity index (χ3n) is 3.60. The maximum Gasteiger partial charge on any atom is 0.0701 e. The van der Waals surface area contributed by atoms with Crippen molar-refractivity contribution in [3.05, 3.63) is 0 Å². The molecule has 0 amide bonds. The summed E-state index contributed by atoms with van der Waals surface area (Å²) in [6.45, 7) is 6.96. The van der Waals surface area contributed by atoms with Gasteiger partial charge < -0.3 is 19.5 Å². The van der Waals surface area contributed by atoms with Crippen LogP contribution in [0.2, 0.25) is 0 Å². The molecule has 1 aliphatic rings. The minimum atomic E-state index is 0.651. The van der Waals surface area contributed by atoms with Crippen LogP contribution in [-0.2, 0) is 14.2 Å². The maximum absolute atomic E-state index is 5.58. The number of methoxy groups -OCH3 is 1. The summed E-state index contributed by atoms with van der Waals surface area (Å²) in [5.74, 6) is 0.911. The largest absolute Gasteiger partial charge is 0.382 e. The van der Waals surface area contributed by atoms with E-state index in [0.29, 0.717) is 32.5 Å². The highest BCUT2D eigenvalue weighted by molar-refractivity contribution is 4.77. The Morgan fingerprint density at radius 3 is 2.50 bits per heavy atom. The van der Waals surface area contributed by atoms with E-state index in [4.69, 9.17) is 14.2 Å². The van der Waals surface area contributed by atoms with Gasteiger partial charge in [-0.05, 0) is 31.7 Å². The number of hydrogen-bond donors (Lipinski definition) is 1. The Hall–Kier alpha value is -0.160. The molecule has 108 valence electrons. The van der Waals surface area contributed by atoms with Crippen molar-refractivity contribution < 1.29 is 14.2 Å². The van der Waals surface area contributed by atoms with Crippen LogP contribution in [-0.4, -0.2) is 52.7 Å². The zero-order chi connectivity index (χ0) is 13.1. The van der Waals surface area contributed by atoms with E-state index in [0.717, 1.165) is 18.9 Å². The van der Waals surface area contributed by atoms with Crippen molar-refractivity contribution in [2.75, 3.05) is 46.7 Å². The van der Waals surface area contributed by atoms with Crippen molar-refractivity contribution in [1.82, 2.24) is 5.32 Å². The van der Waals surface area contributed by atoms with E-state index in [1.807, 2.05) is 0 Å². The molecule has 2 atom stereocenters. The molecule has 0 aromatic heterocycles. The van der Waals surface area contributed by atoms with Crippen LogP contribution in [0.5, 0.6) is 0 Å². The van der Waals surface area contributed by atoms with E-state index in [-0.39, 0.29) is 0 Å². The van der Waals surface area contributed by atoms with Crippen molar-refractivity contribution in [1.29, 1.82) is 0 Å². The molecule has 0 bridgehead atoms. The fourth-order valence-electron chi connectivity index (χ4n) is 2.38. The first-order valence-corrected chi connectivity index (χ1v) is 7.24. The minimum Gasteiger partial charge on any atom is -0.382 e. The Kier molecular flexibility index (Phi) is 9.48. The molecule has 0 saturated carbocycles. The highest BCUT2D eigenvalue weighted by Crippen LogP contribution is 2.20. The fraction of sp³-hybridized carbons (Fsp3) is 1.00. The smallest absolute Gasteiger partial charge is 0.0701 e. The third-order valence-corrected chi connectivity index (χ3v) is 3.60. The summed E-state index contributed by atoms with van der Waals surface area (Å²) < 4.78 is 15.8. The lowest BCUT2D eigenvalue weighted by Crippen LogP contribution is -2.38. The molecule has 0 radical (unpaired) electrons. The zero-order valence-corrected chi connectivity index (χ0v) is 12.0. The molecule has 1 aliphatic heterocycles. The molecule has 0 aromatic rings.